The molecule has 4 heteroatoms. The summed E-state index contributed by atoms with van der Waals surface area (Å²) in [6.07, 6.45) is 3.36. The van der Waals surface area contributed by atoms with Crippen LogP contribution in [-0.4, -0.2) is 49.8 Å². The standard InChI is InChI=1S/C5H10O2.C4H11N.C3H6O/c1-2-3-4-5(6)7;1-4-5(2)3;1-2-4-3-1/h2-4H2,1H3,(H,6,7);4H2,1-3H3;1-3H2. The lowest BCUT2D eigenvalue weighted by atomic mass is 10.3. The number of carboxylic acid groups (broad SMARTS) is 1. The number of hydrogen-bond acceptors (Lipinski definition) is 3. The van der Waals surface area contributed by atoms with Gasteiger partial charge in [0.25, 0.3) is 0 Å². The highest BCUT2D eigenvalue weighted by Crippen LogP contribution is 1.93. The lowest BCUT2D eigenvalue weighted by Gasteiger charge is -2.09. The van der Waals surface area contributed by atoms with E-state index in [0.717, 1.165) is 32.6 Å². The van der Waals surface area contributed by atoms with E-state index in [2.05, 4.69) is 25.9 Å². The third-order valence-corrected chi connectivity index (χ3v) is 1.95. The number of nitrogens with zero attached hydrogens (tertiary/aromatic N) is 1. The van der Waals surface area contributed by atoms with Crippen molar-refractivity contribution in [2.24, 2.45) is 0 Å². The maximum atomic E-state index is 9.76. The Kier molecular flexibility index (Phi) is 16.0. The molecule has 0 saturated carbocycles. The Morgan fingerprint density at radius 3 is 1.75 bits per heavy atom. The van der Waals surface area contributed by atoms with Gasteiger partial charge in [-0.2, -0.15) is 0 Å². The molecule has 1 N–H and O–H groups in total. The van der Waals surface area contributed by atoms with E-state index in [1.807, 2.05) is 6.92 Å². The van der Waals surface area contributed by atoms with E-state index in [9.17, 15) is 4.79 Å². The molecule has 0 aromatic rings. The van der Waals surface area contributed by atoms with Gasteiger partial charge in [0.05, 0.1) is 0 Å². The number of hydrogen-bond donors (Lipinski definition) is 1. The molecular weight excluding hydrogens is 206 g/mol. The molecule has 1 heterocycles. The fraction of sp³-hybridized carbons (Fsp3) is 0.917. The molecule has 0 amide bonds. The van der Waals surface area contributed by atoms with Crippen LogP contribution in [0.3, 0.4) is 0 Å². The molecule has 1 fully saturated rings. The van der Waals surface area contributed by atoms with Crippen molar-refractivity contribution < 1.29 is 14.6 Å². The number of unbranched alkanes of at least 4 members (excludes halogenated alkanes) is 1. The van der Waals surface area contributed by atoms with E-state index >= 15 is 0 Å². The first-order valence-corrected chi connectivity index (χ1v) is 5.98. The van der Waals surface area contributed by atoms with Gasteiger partial charge in [0, 0.05) is 19.6 Å². The zero-order valence-corrected chi connectivity index (χ0v) is 11.2. The van der Waals surface area contributed by atoms with Crippen molar-refractivity contribution in [2.75, 3.05) is 33.9 Å². The van der Waals surface area contributed by atoms with E-state index in [0.29, 0.717) is 6.42 Å². The lowest BCUT2D eigenvalue weighted by molar-refractivity contribution is -0.137. The largest absolute Gasteiger partial charge is 0.481 e. The molecule has 0 bridgehead atoms. The number of ether oxygens (including phenoxy) is 1. The number of rotatable bonds is 4. The molecule has 0 spiro atoms. The molecule has 1 aliphatic heterocycles. The SMILES string of the molecule is C1COC1.CCCCC(=O)O.CCN(C)C. The second-order valence-electron chi connectivity index (χ2n) is 3.86. The zero-order valence-electron chi connectivity index (χ0n) is 11.2. The van der Waals surface area contributed by atoms with Crippen LogP contribution in [-0.2, 0) is 9.53 Å². The third-order valence-electron chi connectivity index (χ3n) is 1.95. The molecule has 0 unspecified atom stereocenters. The summed E-state index contributed by atoms with van der Waals surface area (Å²) < 4.78 is 4.72. The molecule has 0 aliphatic carbocycles. The first-order valence-electron chi connectivity index (χ1n) is 5.98. The minimum Gasteiger partial charge on any atom is -0.481 e. The Hall–Kier alpha value is -0.610. The van der Waals surface area contributed by atoms with Crippen LogP contribution in [0.5, 0.6) is 0 Å². The molecule has 0 aromatic carbocycles. The van der Waals surface area contributed by atoms with E-state index < -0.39 is 5.97 Å². The second-order valence-corrected chi connectivity index (χ2v) is 3.86. The molecule has 98 valence electrons. The van der Waals surface area contributed by atoms with Crippen molar-refractivity contribution in [1.82, 2.24) is 4.90 Å². The first-order chi connectivity index (χ1) is 7.54. The van der Waals surface area contributed by atoms with Gasteiger partial charge in [-0.25, -0.2) is 0 Å². The predicted octanol–water partition coefficient (Wildman–Crippen LogP) is 2.24. The third kappa shape index (κ3) is 23.3. The highest BCUT2D eigenvalue weighted by atomic mass is 16.5. The fourth-order valence-corrected chi connectivity index (χ4v) is 0.472. The summed E-state index contributed by atoms with van der Waals surface area (Å²) >= 11 is 0. The Morgan fingerprint density at radius 1 is 1.31 bits per heavy atom. The van der Waals surface area contributed by atoms with Crippen molar-refractivity contribution in [3.63, 3.8) is 0 Å². The van der Waals surface area contributed by atoms with Crippen LogP contribution in [0.1, 0.15) is 39.5 Å². The van der Waals surface area contributed by atoms with Crippen LogP contribution in [0.4, 0.5) is 0 Å². The van der Waals surface area contributed by atoms with Gasteiger partial charge in [-0.15, -0.1) is 0 Å². The monoisotopic (exact) mass is 233 g/mol. The molecule has 1 saturated heterocycles. The smallest absolute Gasteiger partial charge is 0.303 e. The van der Waals surface area contributed by atoms with Crippen molar-refractivity contribution in [3.8, 4) is 0 Å². The molecule has 1 aliphatic rings. The Bertz CT molecular complexity index is 141. The van der Waals surface area contributed by atoms with E-state index in [4.69, 9.17) is 9.84 Å². The summed E-state index contributed by atoms with van der Waals surface area (Å²) in [7, 11) is 4.11. The summed E-state index contributed by atoms with van der Waals surface area (Å²) in [5.74, 6) is -0.693. The van der Waals surface area contributed by atoms with Crippen LogP contribution in [0.25, 0.3) is 0 Å². The quantitative estimate of drug-likeness (QED) is 0.809. The highest BCUT2D eigenvalue weighted by molar-refractivity contribution is 5.66. The summed E-state index contributed by atoms with van der Waals surface area (Å²) in [4.78, 5) is 11.9. The Labute approximate surface area is 99.6 Å². The van der Waals surface area contributed by atoms with E-state index in [1.54, 1.807) is 0 Å². The summed E-state index contributed by atoms with van der Waals surface area (Å²) in [5, 5.41) is 8.04. The molecule has 1 rings (SSSR count). The van der Waals surface area contributed by atoms with E-state index in [1.165, 1.54) is 6.42 Å². The summed E-state index contributed by atoms with van der Waals surface area (Å²) in [5.41, 5.74) is 0. The second kappa shape index (κ2) is 14.4. The molecule has 16 heavy (non-hydrogen) atoms. The van der Waals surface area contributed by atoms with Crippen LogP contribution in [0, 0.1) is 0 Å². The summed E-state index contributed by atoms with van der Waals surface area (Å²) in [6.45, 7) is 7.24. The van der Waals surface area contributed by atoms with Gasteiger partial charge >= 0.3 is 5.97 Å². The maximum absolute atomic E-state index is 9.76. The minimum absolute atomic E-state index is 0.316. The normalized spacial score (nSPS) is 12.8. The maximum Gasteiger partial charge on any atom is 0.303 e. The van der Waals surface area contributed by atoms with Crippen molar-refractivity contribution in [2.45, 2.75) is 39.5 Å². The number of carboxylic acids is 1. The average Bonchev–Trinajstić information content (AvgIpc) is 2.13. The molecule has 0 radical (unpaired) electrons. The Morgan fingerprint density at radius 2 is 1.69 bits per heavy atom. The van der Waals surface area contributed by atoms with Gasteiger partial charge in [-0.05, 0) is 33.5 Å². The summed E-state index contributed by atoms with van der Waals surface area (Å²) in [6, 6.07) is 0. The average molecular weight is 233 g/mol. The van der Waals surface area contributed by atoms with Crippen LogP contribution < -0.4 is 0 Å². The van der Waals surface area contributed by atoms with Gasteiger partial charge in [-0.1, -0.05) is 20.3 Å². The van der Waals surface area contributed by atoms with Crippen molar-refractivity contribution >= 4 is 5.97 Å². The van der Waals surface area contributed by atoms with Gasteiger partial charge in [0.1, 0.15) is 0 Å². The zero-order chi connectivity index (χ0) is 12.8. The van der Waals surface area contributed by atoms with Crippen LogP contribution >= 0.6 is 0 Å². The lowest BCUT2D eigenvalue weighted by Crippen LogP contribution is -2.09. The molecule has 0 aromatic heterocycles. The van der Waals surface area contributed by atoms with Gasteiger partial charge < -0.3 is 14.7 Å². The number of carbonyl (C=O) groups is 1. The minimum atomic E-state index is -0.693. The van der Waals surface area contributed by atoms with Crippen molar-refractivity contribution in [3.05, 3.63) is 0 Å². The van der Waals surface area contributed by atoms with Gasteiger partial charge in [0.15, 0.2) is 0 Å². The topological polar surface area (TPSA) is 49.8 Å². The van der Waals surface area contributed by atoms with Crippen LogP contribution in [0.15, 0.2) is 0 Å². The molecule has 0 atom stereocenters. The van der Waals surface area contributed by atoms with E-state index in [-0.39, 0.29) is 0 Å². The van der Waals surface area contributed by atoms with Crippen molar-refractivity contribution in [1.29, 1.82) is 0 Å². The molecular formula is C12H27NO3. The van der Waals surface area contributed by atoms with Gasteiger partial charge in [0.2, 0.25) is 0 Å². The highest BCUT2D eigenvalue weighted by Gasteiger charge is 1.94. The number of aliphatic carboxylic acids is 1. The fourth-order valence-electron chi connectivity index (χ4n) is 0.472. The predicted molar refractivity (Wildman–Crippen MR) is 66.8 cm³/mol. The van der Waals surface area contributed by atoms with Crippen LogP contribution in [0.2, 0.25) is 0 Å². The Balaban J connectivity index is 0. The van der Waals surface area contributed by atoms with Gasteiger partial charge in [-0.3, -0.25) is 4.79 Å². The first kappa shape index (κ1) is 17.8. The molecule has 4 nitrogen and oxygen atoms in total.